The highest BCUT2D eigenvalue weighted by atomic mass is 16.3. The molecule has 1 saturated heterocycles. The van der Waals surface area contributed by atoms with Gasteiger partial charge in [0, 0.05) is 12.6 Å². The first kappa shape index (κ1) is 11.6. The van der Waals surface area contributed by atoms with Gasteiger partial charge in [-0.15, -0.1) is 0 Å². The van der Waals surface area contributed by atoms with E-state index in [-0.39, 0.29) is 6.10 Å². The third-order valence-corrected chi connectivity index (χ3v) is 3.45. The molecule has 2 rings (SSSR count). The first-order valence-electron chi connectivity index (χ1n) is 6.23. The minimum Gasteiger partial charge on any atom is -0.392 e. The SMILES string of the molecule is CC(O)C1CCCCN1Cc1ccccc1. The highest BCUT2D eigenvalue weighted by Crippen LogP contribution is 2.21. The molecule has 1 fully saturated rings. The summed E-state index contributed by atoms with van der Waals surface area (Å²) in [6.07, 6.45) is 3.42. The van der Waals surface area contributed by atoms with Crippen LogP contribution in [0.4, 0.5) is 0 Å². The number of benzene rings is 1. The number of hydrogen-bond donors (Lipinski definition) is 1. The van der Waals surface area contributed by atoms with Crippen LogP contribution in [0.1, 0.15) is 31.7 Å². The van der Waals surface area contributed by atoms with Gasteiger partial charge in [-0.1, -0.05) is 36.8 Å². The van der Waals surface area contributed by atoms with Crippen molar-refractivity contribution in [2.24, 2.45) is 0 Å². The Kier molecular flexibility index (Phi) is 3.97. The van der Waals surface area contributed by atoms with Crippen LogP contribution >= 0.6 is 0 Å². The van der Waals surface area contributed by atoms with Crippen molar-refractivity contribution in [1.82, 2.24) is 4.90 Å². The van der Waals surface area contributed by atoms with Crippen LogP contribution in [0.3, 0.4) is 0 Å². The summed E-state index contributed by atoms with van der Waals surface area (Å²) >= 11 is 0. The van der Waals surface area contributed by atoms with E-state index in [0.29, 0.717) is 6.04 Å². The third kappa shape index (κ3) is 2.83. The molecule has 0 bridgehead atoms. The van der Waals surface area contributed by atoms with E-state index >= 15 is 0 Å². The quantitative estimate of drug-likeness (QED) is 0.844. The molecule has 2 heteroatoms. The molecule has 1 aromatic carbocycles. The van der Waals surface area contributed by atoms with Crippen molar-refractivity contribution < 1.29 is 5.11 Å². The normalized spacial score (nSPS) is 24.2. The summed E-state index contributed by atoms with van der Waals surface area (Å²) in [5.41, 5.74) is 1.34. The van der Waals surface area contributed by atoms with E-state index in [0.717, 1.165) is 19.5 Å². The van der Waals surface area contributed by atoms with E-state index in [9.17, 15) is 5.11 Å². The summed E-state index contributed by atoms with van der Waals surface area (Å²) in [4.78, 5) is 2.42. The van der Waals surface area contributed by atoms with E-state index in [1.807, 2.05) is 13.0 Å². The van der Waals surface area contributed by atoms with Crippen LogP contribution in [-0.4, -0.2) is 28.7 Å². The Hall–Kier alpha value is -0.860. The Balaban J connectivity index is 2.01. The molecule has 88 valence electrons. The van der Waals surface area contributed by atoms with Crippen LogP contribution < -0.4 is 0 Å². The summed E-state index contributed by atoms with van der Waals surface area (Å²) in [5.74, 6) is 0. The average molecular weight is 219 g/mol. The van der Waals surface area contributed by atoms with E-state index in [2.05, 4.69) is 29.2 Å². The molecule has 0 aliphatic carbocycles. The summed E-state index contributed by atoms with van der Waals surface area (Å²) in [6.45, 7) is 3.99. The fraction of sp³-hybridized carbons (Fsp3) is 0.571. The Morgan fingerprint density at radius 3 is 2.75 bits per heavy atom. The topological polar surface area (TPSA) is 23.5 Å². The number of likely N-dealkylation sites (tertiary alicyclic amines) is 1. The monoisotopic (exact) mass is 219 g/mol. The molecule has 1 N–H and O–H groups in total. The summed E-state index contributed by atoms with van der Waals surface area (Å²) in [5, 5.41) is 9.78. The van der Waals surface area contributed by atoms with Crippen molar-refractivity contribution >= 4 is 0 Å². The molecular formula is C14H21NO. The van der Waals surface area contributed by atoms with Crippen molar-refractivity contribution in [2.45, 2.75) is 44.9 Å². The van der Waals surface area contributed by atoms with Gasteiger partial charge in [0.1, 0.15) is 0 Å². The molecule has 0 radical (unpaired) electrons. The molecule has 1 aliphatic rings. The predicted molar refractivity (Wildman–Crippen MR) is 66.2 cm³/mol. The van der Waals surface area contributed by atoms with E-state index in [1.54, 1.807) is 0 Å². The Morgan fingerprint density at radius 1 is 1.31 bits per heavy atom. The van der Waals surface area contributed by atoms with Crippen LogP contribution in [-0.2, 0) is 6.54 Å². The Morgan fingerprint density at radius 2 is 2.06 bits per heavy atom. The number of piperidine rings is 1. The number of hydrogen-bond acceptors (Lipinski definition) is 2. The van der Waals surface area contributed by atoms with Gasteiger partial charge in [0.05, 0.1) is 6.10 Å². The van der Waals surface area contributed by atoms with Gasteiger partial charge in [-0.25, -0.2) is 0 Å². The lowest BCUT2D eigenvalue weighted by atomic mass is 9.97. The molecule has 2 atom stereocenters. The van der Waals surface area contributed by atoms with Crippen LogP contribution in [0.2, 0.25) is 0 Å². The summed E-state index contributed by atoms with van der Waals surface area (Å²) < 4.78 is 0. The van der Waals surface area contributed by atoms with Crippen LogP contribution in [0.25, 0.3) is 0 Å². The first-order valence-corrected chi connectivity index (χ1v) is 6.23. The minimum absolute atomic E-state index is 0.219. The smallest absolute Gasteiger partial charge is 0.0667 e. The van der Waals surface area contributed by atoms with E-state index in [1.165, 1.54) is 18.4 Å². The summed E-state index contributed by atoms with van der Waals surface area (Å²) in [7, 11) is 0. The molecule has 16 heavy (non-hydrogen) atoms. The van der Waals surface area contributed by atoms with Crippen molar-refractivity contribution in [3.63, 3.8) is 0 Å². The first-order chi connectivity index (χ1) is 7.77. The van der Waals surface area contributed by atoms with Gasteiger partial charge in [0.15, 0.2) is 0 Å². The van der Waals surface area contributed by atoms with Crippen molar-refractivity contribution in [2.75, 3.05) is 6.54 Å². The fourth-order valence-electron chi connectivity index (χ4n) is 2.58. The van der Waals surface area contributed by atoms with Gasteiger partial charge >= 0.3 is 0 Å². The second kappa shape index (κ2) is 5.46. The lowest BCUT2D eigenvalue weighted by Gasteiger charge is -2.37. The zero-order chi connectivity index (χ0) is 11.4. The molecular weight excluding hydrogens is 198 g/mol. The molecule has 0 aromatic heterocycles. The van der Waals surface area contributed by atoms with Gasteiger partial charge in [0.2, 0.25) is 0 Å². The number of rotatable bonds is 3. The number of nitrogens with zero attached hydrogens (tertiary/aromatic N) is 1. The Bertz CT molecular complexity index is 310. The summed E-state index contributed by atoms with van der Waals surface area (Å²) in [6, 6.07) is 10.9. The average Bonchev–Trinajstić information content (AvgIpc) is 2.31. The van der Waals surface area contributed by atoms with Gasteiger partial charge < -0.3 is 5.11 Å². The molecule has 1 aromatic rings. The standard InChI is InChI=1S/C14H21NO/c1-12(16)14-9-5-6-10-15(14)11-13-7-3-2-4-8-13/h2-4,7-8,12,14,16H,5-6,9-11H2,1H3. The van der Waals surface area contributed by atoms with Gasteiger partial charge in [-0.3, -0.25) is 4.90 Å². The van der Waals surface area contributed by atoms with Crippen molar-refractivity contribution in [3.05, 3.63) is 35.9 Å². The lowest BCUT2D eigenvalue weighted by molar-refractivity contribution is 0.0317. The molecule has 0 spiro atoms. The molecule has 2 nitrogen and oxygen atoms in total. The second-order valence-electron chi connectivity index (χ2n) is 4.76. The molecule has 1 aliphatic heterocycles. The molecule has 2 unspecified atom stereocenters. The maximum Gasteiger partial charge on any atom is 0.0667 e. The highest BCUT2D eigenvalue weighted by Gasteiger charge is 2.25. The largest absolute Gasteiger partial charge is 0.392 e. The van der Waals surface area contributed by atoms with Gasteiger partial charge in [0.25, 0.3) is 0 Å². The lowest BCUT2D eigenvalue weighted by Crippen LogP contribution is -2.45. The molecule has 0 saturated carbocycles. The zero-order valence-corrected chi connectivity index (χ0v) is 9.97. The van der Waals surface area contributed by atoms with E-state index < -0.39 is 0 Å². The highest BCUT2D eigenvalue weighted by molar-refractivity contribution is 5.14. The maximum atomic E-state index is 9.78. The van der Waals surface area contributed by atoms with Gasteiger partial charge in [-0.05, 0) is 31.9 Å². The minimum atomic E-state index is -0.219. The van der Waals surface area contributed by atoms with E-state index in [4.69, 9.17) is 0 Å². The van der Waals surface area contributed by atoms with Crippen LogP contribution in [0, 0.1) is 0 Å². The third-order valence-electron chi connectivity index (χ3n) is 3.45. The fourth-order valence-corrected chi connectivity index (χ4v) is 2.58. The maximum absolute atomic E-state index is 9.78. The van der Waals surface area contributed by atoms with Gasteiger partial charge in [-0.2, -0.15) is 0 Å². The van der Waals surface area contributed by atoms with Crippen molar-refractivity contribution in [1.29, 1.82) is 0 Å². The van der Waals surface area contributed by atoms with Crippen LogP contribution in [0.5, 0.6) is 0 Å². The predicted octanol–water partition coefficient (Wildman–Crippen LogP) is 2.42. The molecule has 1 heterocycles. The van der Waals surface area contributed by atoms with Crippen LogP contribution in [0.15, 0.2) is 30.3 Å². The van der Waals surface area contributed by atoms with Crippen molar-refractivity contribution in [3.8, 4) is 0 Å². The number of aliphatic hydroxyl groups is 1. The zero-order valence-electron chi connectivity index (χ0n) is 9.97. The number of aliphatic hydroxyl groups excluding tert-OH is 1. The second-order valence-corrected chi connectivity index (χ2v) is 4.76. The molecule has 0 amide bonds. The Labute approximate surface area is 97.9 Å².